The van der Waals surface area contributed by atoms with Gasteiger partial charge < -0.3 is 20.1 Å². The summed E-state index contributed by atoms with van der Waals surface area (Å²) in [7, 11) is 0. The Morgan fingerprint density at radius 2 is 2.08 bits per heavy atom. The molecule has 1 saturated heterocycles. The van der Waals surface area contributed by atoms with Crippen LogP contribution in [-0.4, -0.2) is 46.2 Å². The lowest BCUT2D eigenvalue weighted by atomic mass is 9.81. The van der Waals surface area contributed by atoms with Gasteiger partial charge in [0, 0.05) is 18.8 Å². The zero-order chi connectivity index (χ0) is 18.2. The molecule has 2 rings (SSSR count). The highest BCUT2D eigenvalue weighted by Gasteiger charge is 2.49. The van der Waals surface area contributed by atoms with Gasteiger partial charge in [-0.15, -0.1) is 0 Å². The number of rotatable bonds is 11. The van der Waals surface area contributed by atoms with Crippen LogP contribution in [0.4, 0.5) is 0 Å². The largest absolute Gasteiger partial charge is 0.481 e. The molecule has 0 spiro atoms. The van der Waals surface area contributed by atoms with Crippen molar-refractivity contribution in [3.8, 4) is 0 Å². The fourth-order valence-corrected chi connectivity index (χ4v) is 4.38. The topological polar surface area (TPSA) is 87.0 Å². The molecule has 0 unspecified atom stereocenters. The van der Waals surface area contributed by atoms with Crippen LogP contribution in [0.1, 0.15) is 64.7 Å². The van der Waals surface area contributed by atoms with Crippen molar-refractivity contribution in [3.63, 3.8) is 0 Å². The van der Waals surface area contributed by atoms with Crippen molar-refractivity contribution in [2.45, 2.75) is 83.0 Å². The van der Waals surface area contributed by atoms with Gasteiger partial charge in [0.15, 0.2) is 0 Å². The van der Waals surface area contributed by atoms with E-state index in [-0.39, 0.29) is 18.4 Å². The number of hydrogen-bond donors (Lipinski definition) is 3. The summed E-state index contributed by atoms with van der Waals surface area (Å²) in [6, 6.07) is 0. The molecule has 5 heteroatoms. The Labute approximate surface area is 151 Å². The molecule has 0 aromatic carbocycles. The lowest BCUT2D eigenvalue weighted by Crippen LogP contribution is -2.24. The second kappa shape index (κ2) is 10.3. The molecule has 2 aliphatic rings. The lowest BCUT2D eigenvalue weighted by Gasteiger charge is -2.23. The van der Waals surface area contributed by atoms with Gasteiger partial charge in [0.25, 0.3) is 0 Å². The summed E-state index contributed by atoms with van der Waals surface area (Å²) in [5.41, 5.74) is 0. The van der Waals surface area contributed by atoms with Crippen LogP contribution >= 0.6 is 0 Å². The van der Waals surface area contributed by atoms with E-state index in [1.807, 2.05) is 12.2 Å². The van der Waals surface area contributed by atoms with Gasteiger partial charge in [-0.3, -0.25) is 4.79 Å². The first-order valence-electron chi connectivity index (χ1n) is 9.90. The molecule has 0 radical (unpaired) electrons. The first-order valence-corrected chi connectivity index (χ1v) is 9.90. The van der Waals surface area contributed by atoms with Gasteiger partial charge >= 0.3 is 5.97 Å². The average Bonchev–Trinajstić information content (AvgIpc) is 3.08. The summed E-state index contributed by atoms with van der Waals surface area (Å²) in [6.45, 7) is 2.85. The van der Waals surface area contributed by atoms with Crippen LogP contribution in [0.15, 0.2) is 12.2 Å². The second-order valence-corrected chi connectivity index (χ2v) is 7.68. The maximum absolute atomic E-state index is 10.6. The van der Waals surface area contributed by atoms with E-state index in [1.54, 1.807) is 0 Å². The molecule has 1 aliphatic heterocycles. The van der Waals surface area contributed by atoms with E-state index in [2.05, 4.69) is 6.92 Å². The van der Waals surface area contributed by atoms with Crippen molar-refractivity contribution in [3.05, 3.63) is 12.2 Å². The fourth-order valence-electron chi connectivity index (χ4n) is 4.38. The first kappa shape index (κ1) is 20.4. The Balaban J connectivity index is 1.85. The molecule has 2 fully saturated rings. The van der Waals surface area contributed by atoms with Crippen molar-refractivity contribution in [1.29, 1.82) is 0 Å². The van der Waals surface area contributed by atoms with Gasteiger partial charge in [0.2, 0.25) is 0 Å². The average molecular weight is 354 g/mol. The zero-order valence-electron chi connectivity index (χ0n) is 15.3. The zero-order valence-corrected chi connectivity index (χ0v) is 15.3. The smallest absolute Gasteiger partial charge is 0.303 e. The monoisotopic (exact) mass is 354 g/mol. The Morgan fingerprint density at radius 3 is 2.80 bits per heavy atom. The molecule has 1 aliphatic carbocycles. The molecule has 3 N–H and O–H groups in total. The minimum atomic E-state index is -0.741. The summed E-state index contributed by atoms with van der Waals surface area (Å²) in [4.78, 5) is 10.6. The number of hydrogen-bond acceptors (Lipinski definition) is 4. The maximum atomic E-state index is 10.6. The molecule has 0 bridgehead atoms. The third kappa shape index (κ3) is 6.08. The summed E-state index contributed by atoms with van der Waals surface area (Å²) in [5, 5.41) is 29.2. The molecule has 1 heterocycles. The molecule has 144 valence electrons. The van der Waals surface area contributed by atoms with Gasteiger partial charge in [0.1, 0.15) is 0 Å². The second-order valence-electron chi connectivity index (χ2n) is 7.68. The minimum absolute atomic E-state index is 0.0396. The number of fused-ring (bicyclic) bond motifs is 1. The van der Waals surface area contributed by atoms with Crippen LogP contribution < -0.4 is 0 Å². The highest BCUT2D eigenvalue weighted by molar-refractivity contribution is 5.66. The van der Waals surface area contributed by atoms with Gasteiger partial charge in [-0.25, -0.2) is 0 Å². The minimum Gasteiger partial charge on any atom is -0.481 e. The van der Waals surface area contributed by atoms with E-state index in [1.165, 1.54) is 0 Å². The highest BCUT2D eigenvalue weighted by Crippen LogP contribution is 2.46. The molecule has 5 nitrogen and oxygen atoms in total. The van der Waals surface area contributed by atoms with E-state index in [0.717, 1.165) is 38.5 Å². The summed E-state index contributed by atoms with van der Waals surface area (Å²) in [5.74, 6) is -0.0331. The summed E-state index contributed by atoms with van der Waals surface area (Å²) in [6.07, 6.45) is 10.6. The molecular formula is C20H34O5. The van der Waals surface area contributed by atoms with Crippen LogP contribution in [0.5, 0.6) is 0 Å². The molecular weight excluding hydrogens is 320 g/mol. The Kier molecular flexibility index (Phi) is 8.40. The number of aliphatic carboxylic acids is 1. The van der Waals surface area contributed by atoms with Gasteiger partial charge in [-0.05, 0) is 31.1 Å². The predicted octanol–water partition coefficient (Wildman–Crippen LogP) is 3.14. The molecule has 0 aromatic rings. The van der Waals surface area contributed by atoms with E-state index < -0.39 is 18.2 Å². The number of carboxylic acids is 1. The summed E-state index contributed by atoms with van der Waals surface area (Å²) < 4.78 is 5.88. The van der Waals surface area contributed by atoms with E-state index in [0.29, 0.717) is 31.3 Å². The van der Waals surface area contributed by atoms with Crippen molar-refractivity contribution >= 4 is 5.97 Å². The van der Waals surface area contributed by atoms with Crippen LogP contribution in [0.25, 0.3) is 0 Å². The van der Waals surface area contributed by atoms with Gasteiger partial charge in [-0.1, -0.05) is 44.8 Å². The van der Waals surface area contributed by atoms with E-state index in [4.69, 9.17) is 9.84 Å². The SMILES string of the molecule is CCCCC[C@H](O)/C=C/[C@H]1[C@H]2[C@@H](CCCCC(=O)O)CO[C@H]2C[C@H]1O. The van der Waals surface area contributed by atoms with Crippen LogP contribution in [-0.2, 0) is 9.53 Å². The maximum Gasteiger partial charge on any atom is 0.303 e. The normalized spacial score (nSPS) is 33.0. The number of unbranched alkanes of at least 4 members (excludes halogenated alkanes) is 3. The van der Waals surface area contributed by atoms with Crippen molar-refractivity contribution in [1.82, 2.24) is 0 Å². The molecule has 6 atom stereocenters. The van der Waals surface area contributed by atoms with Crippen molar-refractivity contribution in [2.75, 3.05) is 6.61 Å². The van der Waals surface area contributed by atoms with Gasteiger partial charge in [-0.2, -0.15) is 0 Å². The van der Waals surface area contributed by atoms with Crippen molar-refractivity contribution in [2.24, 2.45) is 17.8 Å². The first-order chi connectivity index (χ1) is 12.0. The molecule has 25 heavy (non-hydrogen) atoms. The lowest BCUT2D eigenvalue weighted by molar-refractivity contribution is -0.137. The van der Waals surface area contributed by atoms with E-state index in [9.17, 15) is 15.0 Å². The predicted molar refractivity (Wildman–Crippen MR) is 96.2 cm³/mol. The molecule has 1 saturated carbocycles. The quantitative estimate of drug-likeness (QED) is 0.392. The fraction of sp³-hybridized carbons (Fsp3) is 0.850. The Morgan fingerprint density at radius 1 is 1.28 bits per heavy atom. The van der Waals surface area contributed by atoms with Crippen molar-refractivity contribution < 1.29 is 24.9 Å². The number of carbonyl (C=O) groups is 1. The molecule has 0 aromatic heterocycles. The van der Waals surface area contributed by atoms with Crippen LogP contribution in [0.3, 0.4) is 0 Å². The van der Waals surface area contributed by atoms with Crippen LogP contribution in [0.2, 0.25) is 0 Å². The third-order valence-electron chi connectivity index (χ3n) is 5.74. The Hall–Kier alpha value is -0.910. The third-order valence-corrected chi connectivity index (χ3v) is 5.74. The van der Waals surface area contributed by atoms with Crippen LogP contribution in [0, 0.1) is 17.8 Å². The number of aliphatic hydroxyl groups excluding tert-OH is 2. The molecule has 0 amide bonds. The highest BCUT2D eigenvalue weighted by atomic mass is 16.5. The summed E-state index contributed by atoms with van der Waals surface area (Å²) >= 11 is 0. The number of carboxylic acid groups (broad SMARTS) is 1. The number of ether oxygens (including phenoxy) is 1. The van der Waals surface area contributed by atoms with E-state index >= 15 is 0 Å². The standard InChI is InChI=1S/C20H34O5/c1-2-3-4-8-15(21)10-11-16-17(22)12-18-20(16)14(13-25-18)7-5-6-9-19(23)24/h10-11,14-18,20-22H,2-9,12-13H2,1H3,(H,23,24)/b11-10+/t14-,15-,16+,17+,18-,20+/m0/s1. The number of aliphatic hydroxyl groups is 2. The van der Waals surface area contributed by atoms with Gasteiger partial charge in [0.05, 0.1) is 24.9 Å². The Bertz CT molecular complexity index is 436.